The Morgan fingerprint density at radius 2 is 1.90 bits per heavy atom. The van der Waals surface area contributed by atoms with E-state index in [2.05, 4.69) is 17.9 Å². The van der Waals surface area contributed by atoms with E-state index in [0.717, 1.165) is 6.42 Å². The minimum Gasteiger partial charge on any atom is -0.356 e. The van der Waals surface area contributed by atoms with Crippen molar-refractivity contribution in [2.45, 2.75) is 51.9 Å². The summed E-state index contributed by atoms with van der Waals surface area (Å²) in [5.41, 5.74) is 8.87. The van der Waals surface area contributed by atoms with Gasteiger partial charge in [-0.3, -0.25) is 0 Å². The zero-order valence-corrected chi connectivity index (χ0v) is 12.7. The standard InChI is InChI=1S/C17H27N3/c1-14-12-15(4-9-18)13-19-16(14)20-10-7-17(8-11-20)5-2-3-6-17/h12-13H,2-11,18H2,1H3. The van der Waals surface area contributed by atoms with Gasteiger partial charge in [0.15, 0.2) is 0 Å². The van der Waals surface area contributed by atoms with Crippen molar-refractivity contribution in [1.29, 1.82) is 0 Å². The van der Waals surface area contributed by atoms with Crippen LogP contribution >= 0.6 is 0 Å². The monoisotopic (exact) mass is 273 g/mol. The molecule has 1 aliphatic heterocycles. The maximum atomic E-state index is 5.62. The number of piperidine rings is 1. The number of aromatic nitrogens is 1. The van der Waals surface area contributed by atoms with Crippen LogP contribution in [0.25, 0.3) is 0 Å². The predicted molar refractivity (Wildman–Crippen MR) is 84.1 cm³/mol. The van der Waals surface area contributed by atoms with Gasteiger partial charge in [-0.2, -0.15) is 0 Å². The second-order valence-corrected chi connectivity index (χ2v) is 6.72. The fourth-order valence-corrected chi connectivity index (χ4v) is 4.08. The lowest BCUT2D eigenvalue weighted by molar-refractivity contribution is 0.226. The van der Waals surface area contributed by atoms with Gasteiger partial charge in [-0.1, -0.05) is 18.9 Å². The Morgan fingerprint density at radius 3 is 2.50 bits per heavy atom. The van der Waals surface area contributed by atoms with E-state index in [4.69, 9.17) is 10.7 Å². The molecule has 1 aromatic heterocycles. The molecule has 0 unspecified atom stereocenters. The number of hydrogen-bond acceptors (Lipinski definition) is 3. The number of aryl methyl sites for hydroxylation is 1. The molecule has 2 heterocycles. The first-order valence-electron chi connectivity index (χ1n) is 8.13. The van der Waals surface area contributed by atoms with Gasteiger partial charge >= 0.3 is 0 Å². The van der Waals surface area contributed by atoms with Crippen molar-refractivity contribution in [3.63, 3.8) is 0 Å². The minimum absolute atomic E-state index is 0.684. The van der Waals surface area contributed by atoms with E-state index < -0.39 is 0 Å². The van der Waals surface area contributed by atoms with E-state index in [1.165, 1.54) is 68.6 Å². The first-order chi connectivity index (χ1) is 9.72. The van der Waals surface area contributed by atoms with Gasteiger partial charge in [0.2, 0.25) is 0 Å². The van der Waals surface area contributed by atoms with Crippen molar-refractivity contribution in [1.82, 2.24) is 4.98 Å². The Labute approximate surface area is 122 Å². The second-order valence-electron chi connectivity index (χ2n) is 6.72. The third kappa shape index (κ3) is 2.69. The third-order valence-corrected chi connectivity index (χ3v) is 5.33. The molecule has 0 radical (unpaired) electrons. The molecule has 3 nitrogen and oxygen atoms in total. The topological polar surface area (TPSA) is 42.1 Å². The van der Waals surface area contributed by atoms with Crippen molar-refractivity contribution >= 4 is 5.82 Å². The van der Waals surface area contributed by atoms with Gasteiger partial charge < -0.3 is 10.6 Å². The molecule has 2 aliphatic rings. The Kier molecular flexibility index (Phi) is 3.97. The molecule has 0 amide bonds. The van der Waals surface area contributed by atoms with E-state index in [1.54, 1.807) is 0 Å². The fourth-order valence-electron chi connectivity index (χ4n) is 4.08. The van der Waals surface area contributed by atoms with E-state index in [9.17, 15) is 0 Å². The van der Waals surface area contributed by atoms with Crippen LogP contribution in [0, 0.1) is 12.3 Å². The highest BCUT2D eigenvalue weighted by Gasteiger charge is 2.37. The zero-order valence-electron chi connectivity index (χ0n) is 12.7. The molecular weight excluding hydrogens is 246 g/mol. The summed E-state index contributed by atoms with van der Waals surface area (Å²) in [6, 6.07) is 2.26. The maximum absolute atomic E-state index is 5.62. The molecule has 2 N–H and O–H groups in total. The molecule has 0 atom stereocenters. The molecule has 110 valence electrons. The van der Waals surface area contributed by atoms with E-state index in [1.807, 2.05) is 6.20 Å². The summed E-state index contributed by atoms with van der Waals surface area (Å²) < 4.78 is 0. The number of pyridine rings is 1. The molecule has 1 saturated carbocycles. The molecule has 1 saturated heterocycles. The van der Waals surface area contributed by atoms with Crippen molar-refractivity contribution in [2.24, 2.45) is 11.1 Å². The average Bonchev–Trinajstić information content (AvgIpc) is 2.89. The molecule has 3 heteroatoms. The minimum atomic E-state index is 0.684. The lowest BCUT2D eigenvalue weighted by Crippen LogP contribution is -2.39. The van der Waals surface area contributed by atoms with Crippen LogP contribution in [0.4, 0.5) is 5.82 Å². The van der Waals surface area contributed by atoms with Crippen LogP contribution in [0.2, 0.25) is 0 Å². The van der Waals surface area contributed by atoms with Gasteiger partial charge in [0.05, 0.1) is 0 Å². The largest absolute Gasteiger partial charge is 0.356 e. The summed E-state index contributed by atoms with van der Waals surface area (Å²) in [5.74, 6) is 1.19. The highest BCUT2D eigenvalue weighted by molar-refractivity contribution is 5.48. The van der Waals surface area contributed by atoms with Gasteiger partial charge in [0, 0.05) is 19.3 Å². The van der Waals surface area contributed by atoms with Crippen LogP contribution in [0.5, 0.6) is 0 Å². The van der Waals surface area contributed by atoms with Gasteiger partial charge in [0.1, 0.15) is 5.82 Å². The summed E-state index contributed by atoms with van der Waals surface area (Å²) in [7, 11) is 0. The van der Waals surface area contributed by atoms with Gasteiger partial charge in [-0.05, 0) is 62.1 Å². The average molecular weight is 273 g/mol. The van der Waals surface area contributed by atoms with E-state index >= 15 is 0 Å². The number of anilines is 1. The van der Waals surface area contributed by atoms with Crippen LogP contribution < -0.4 is 10.6 Å². The molecular formula is C17H27N3. The number of hydrogen-bond donors (Lipinski definition) is 1. The molecule has 0 aromatic carbocycles. The summed E-state index contributed by atoms with van der Waals surface area (Å²) in [5, 5.41) is 0. The highest BCUT2D eigenvalue weighted by atomic mass is 15.2. The zero-order chi connectivity index (χ0) is 14.0. The van der Waals surface area contributed by atoms with Crippen LogP contribution in [-0.4, -0.2) is 24.6 Å². The number of nitrogens with two attached hydrogens (primary N) is 1. The Balaban J connectivity index is 1.68. The SMILES string of the molecule is Cc1cc(CCN)cnc1N1CCC2(CCCC2)CC1. The van der Waals surface area contributed by atoms with Gasteiger partial charge in [-0.25, -0.2) is 4.98 Å². The summed E-state index contributed by atoms with van der Waals surface area (Å²) in [6.45, 7) is 5.25. The summed E-state index contributed by atoms with van der Waals surface area (Å²) in [4.78, 5) is 7.20. The van der Waals surface area contributed by atoms with Gasteiger partial charge in [0.25, 0.3) is 0 Å². The summed E-state index contributed by atoms with van der Waals surface area (Å²) >= 11 is 0. The molecule has 1 aromatic rings. The molecule has 1 spiro atoms. The quantitative estimate of drug-likeness (QED) is 0.920. The molecule has 20 heavy (non-hydrogen) atoms. The maximum Gasteiger partial charge on any atom is 0.131 e. The summed E-state index contributed by atoms with van der Waals surface area (Å²) in [6.07, 6.45) is 11.5. The van der Waals surface area contributed by atoms with Crippen LogP contribution in [0.1, 0.15) is 49.7 Å². The Morgan fingerprint density at radius 1 is 1.20 bits per heavy atom. The first-order valence-corrected chi connectivity index (χ1v) is 8.13. The lowest BCUT2D eigenvalue weighted by Gasteiger charge is -2.40. The molecule has 0 bridgehead atoms. The molecule has 1 aliphatic carbocycles. The second kappa shape index (κ2) is 5.72. The highest BCUT2D eigenvalue weighted by Crippen LogP contribution is 2.46. The van der Waals surface area contributed by atoms with E-state index in [-0.39, 0.29) is 0 Å². The van der Waals surface area contributed by atoms with Crippen molar-refractivity contribution in [3.8, 4) is 0 Å². The Bertz CT molecular complexity index is 453. The third-order valence-electron chi connectivity index (χ3n) is 5.33. The van der Waals surface area contributed by atoms with Crippen LogP contribution in [-0.2, 0) is 6.42 Å². The lowest BCUT2D eigenvalue weighted by atomic mass is 9.77. The van der Waals surface area contributed by atoms with Gasteiger partial charge in [-0.15, -0.1) is 0 Å². The smallest absolute Gasteiger partial charge is 0.131 e. The van der Waals surface area contributed by atoms with Crippen molar-refractivity contribution in [2.75, 3.05) is 24.5 Å². The fraction of sp³-hybridized carbons (Fsp3) is 0.706. The molecule has 2 fully saturated rings. The number of rotatable bonds is 3. The molecule has 3 rings (SSSR count). The van der Waals surface area contributed by atoms with E-state index in [0.29, 0.717) is 12.0 Å². The first kappa shape index (κ1) is 13.9. The Hall–Kier alpha value is -1.09. The predicted octanol–water partition coefficient (Wildman–Crippen LogP) is 3.05. The number of nitrogens with zero attached hydrogens (tertiary/aromatic N) is 2. The van der Waals surface area contributed by atoms with Crippen LogP contribution in [0.3, 0.4) is 0 Å². The van der Waals surface area contributed by atoms with Crippen LogP contribution in [0.15, 0.2) is 12.3 Å². The van der Waals surface area contributed by atoms with Crippen molar-refractivity contribution in [3.05, 3.63) is 23.4 Å². The van der Waals surface area contributed by atoms with Crippen molar-refractivity contribution < 1.29 is 0 Å². The normalized spacial score (nSPS) is 21.6.